The number of ether oxygens (including phenoxy) is 1. The minimum Gasteiger partial charge on any atom is -0.402 e. The van der Waals surface area contributed by atoms with Crippen LogP contribution in [-0.4, -0.2) is 17.1 Å². The first-order valence-corrected chi connectivity index (χ1v) is 7.19. The lowest BCUT2D eigenvalue weighted by Crippen LogP contribution is -2.06. The van der Waals surface area contributed by atoms with Gasteiger partial charge in [0.1, 0.15) is 0 Å². The van der Waals surface area contributed by atoms with Crippen LogP contribution in [0.4, 0.5) is 5.69 Å². The van der Waals surface area contributed by atoms with Crippen LogP contribution in [0.2, 0.25) is 5.02 Å². The second kappa shape index (κ2) is 5.69. The molecule has 0 atom stereocenters. The van der Waals surface area contributed by atoms with Crippen molar-refractivity contribution in [2.24, 2.45) is 4.99 Å². The molecular formula is C14H9ClN2O3S. The van der Waals surface area contributed by atoms with Gasteiger partial charge < -0.3 is 4.74 Å². The third kappa shape index (κ3) is 2.82. The van der Waals surface area contributed by atoms with Gasteiger partial charge in [-0.2, -0.15) is 0 Å². The Morgan fingerprint density at radius 3 is 2.95 bits per heavy atom. The average molecular weight is 321 g/mol. The molecule has 0 aliphatic carbocycles. The summed E-state index contributed by atoms with van der Waals surface area (Å²) in [6.07, 6.45) is 1.67. The number of anilines is 1. The lowest BCUT2D eigenvalue weighted by atomic mass is 10.2. The predicted octanol–water partition coefficient (Wildman–Crippen LogP) is 3.55. The number of hydrogen-bond acceptors (Lipinski definition) is 6. The zero-order chi connectivity index (χ0) is 14.8. The minimum atomic E-state index is -0.508. The molecule has 0 amide bonds. The molecule has 5 nitrogen and oxygen atoms in total. The Kier molecular flexibility index (Phi) is 3.74. The van der Waals surface area contributed by atoms with E-state index in [9.17, 15) is 4.79 Å². The predicted molar refractivity (Wildman–Crippen MR) is 81.8 cm³/mol. The molecule has 7 heteroatoms. The first-order valence-electron chi connectivity index (χ1n) is 5.93. The van der Waals surface area contributed by atoms with Gasteiger partial charge in [0.05, 0.1) is 10.7 Å². The molecule has 1 aliphatic heterocycles. The molecule has 1 aliphatic rings. The van der Waals surface area contributed by atoms with Crippen LogP contribution in [0.5, 0.6) is 0 Å². The Morgan fingerprint density at radius 2 is 2.24 bits per heavy atom. The Labute approximate surface area is 129 Å². The van der Waals surface area contributed by atoms with Crippen molar-refractivity contribution in [1.82, 2.24) is 0 Å². The number of nitrogens with one attached hydrogen (secondary N) is 1. The lowest BCUT2D eigenvalue weighted by molar-refractivity contribution is -0.129. The van der Waals surface area contributed by atoms with Gasteiger partial charge in [-0.3, -0.25) is 10.7 Å². The van der Waals surface area contributed by atoms with Crippen molar-refractivity contribution < 1.29 is 14.7 Å². The summed E-state index contributed by atoms with van der Waals surface area (Å²) in [4.78, 5) is 16.9. The van der Waals surface area contributed by atoms with Crippen molar-refractivity contribution in [3.05, 3.63) is 56.9 Å². The van der Waals surface area contributed by atoms with Crippen LogP contribution in [-0.2, 0) is 9.53 Å². The van der Waals surface area contributed by atoms with Gasteiger partial charge in [-0.15, -0.1) is 11.3 Å². The molecule has 0 spiro atoms. The molecule has 0 radical (unpaired) electrons. The summed E-state index contributed by atoms with van der Waals surface area (Å²) in [5.41, 5.74) is 3.06. The number of benzene rings is 1. The molecule has 0 saturated carbocycles. The number of halogens is 1. The SMILES string of the molecule is O=C1OC(c2ccc(Cl)c(NO)c2)=N/C1=C\c1cccs1. The molecule has 106 valence electrons. The van der Waals surface area contributed by atoms with E-state index in [4.69, 9.17) is 21.5 Å². The number of aliphatic imine (C=N–C) groups is 1. The molecular weight excluding hydrogens is 312 g/mol. The topological polar surface area (TPSA) is 70.9 Å². The normalized spacial score (nSPS) is 16.0. The van der Waals surface area contributed by atoms with E-state index in [-0.39, 0.29) is 11.6 Å². The summed E-state index contributed by atoms with van der Waals surface area (Å²) < 4.78 is 5.14. The number of thiophene rings is 1. The second-order valence-electron chi connectivity index (χ2n) is 4.16. The average Bonchev–Trinajstić information content (AvgIpc) is 3.11. The van der Waals surface area contributed by atoms with E-state index >= 15 is 0 Å². The Morgan fingerprint density at radius 1 is 1.38 bits per heavy atom. The summed E-state index contributed by atoms with van der Waals surface area (Å²) in [5.74, 6) is -0.331. The summed E-state index contributed by atoms with van der Waals surface area (Å²) >= 11 is 7.38. The molecule has 2 heterocycles. The molecule has 3 rings (SSSR count). The van der Waals surface area contributed by atoms with Gasteiger partial charge in [-0.05, 0) is 35.7 Å². The Hall–Kier alpha value is -2.15. The third-order valence-electron chi connectivity index (χ3n) is 2.78. The number of rotatable bonds is 3. The van der Waals surface area contributed by atoms with Gasteiger partial charge in [0.25, 0.3) is 0 Å². The van der Waals surface area contributed by atoms with Crippen LogP contribution in [0, 0.1) is 0 Å². The Bertz CT molecular complexity index is 754. The maximum absolute atomic E-state index is 11.8. The summed E-state index contributed by atoms with van der Waals surface area (Å²) in [6, 6.07) is 8.55. The van der Waals surface area contributed by atoms with E-state index in [2.05, 4.69) is 4.99 Å². The first kappa shape index (κ1) is 13.8. The van der Waals surface area contributed by atoms with Crippen molar-refractivity contribution in [1.29, 1.82) is 0 Å². The highest BCUT2D eigenvalue weighted by Gasteiger charge is 2.24. The molecule has 2 aromatic rings. The van der Waals surface area contributed by atoms with Crippen molar-refractivity contribution >= 4 is 46.6 Å². The maximum atomic E-state index is 11.8. The summed E-state index contributed by atoms with van der Waals surface area (Å²) in [7, 11) is 0. The van der Waals surface area contributed by atoms with Crippen LogP contribution in [0.25, 0.3) is 6.08 Å². The number of carbonyl (C=O) groups excluding carboxylic acids is 1. The zero-order valence-corrected chi connectivity index (χ0v) is 12.1. The van der Waals surface area contributed by atoms with E-state index in [1.165, 1.54) is 11.3 Å². The molecule has 0 bridgehead atoms. The van der Waals surface area contributed by atoms with Crippen LogP contribution < -0.4 is 5.48 Å². The third-order valence-corrected chi connectivity index (χ3v) is 3.93. The smallest absolute Gasteiger partial charge is 0.363 e. The van der Waals surface area contributed by atoms with Crippen LogP contribution in [0.1, 0.15) is 10.4 Å². The standard InChI is InChI=1S/C14H9ClN2O3S/c15-10-4-3-8(6-11(10)17-19)13-16-12(14(18)20-13)7-9-2-1-5-21-9/h1-7,17,19H/b12-7-. The molecule has 0 saturated heterocycles. The molecule has 21 heavy (non-hydrogen) atoms. The van der Waals surface area contributed by atoms with Gasteiger partial charge in [0, 0.05) is 10.4 Å². The molecule has 0 unspecified atom stereocenters. The van der Waals surface area contributed by atoms with Gasteiger partial charge >= 0.3 is 5.97 Å². The van der Waals surface area contributed by atoms with E-state index in [1.54, 1.807) is 24.3 Å². The fourth-order valence-corrected chi connectivity index (χ4v) is 2.60. The number of hydrogen-bond donors (Lipinski definition) is 2. The van der Waals surface area contributed by atoms with Crippen LogP contribution >= 0.6 is 22.9 Å². The van der Waals surface area contributed by atoms with Gasteiger partial charge in [-0.25, -0.2) is 9.79 Å². The quantitative estimate of drug-likeness (QED) is 0.515. The number of carbonyl (C=O) groups is 1. The number of nitrogens with zero attached hydrogens (tertiary/aromatic N) is 1. The largest absolute Gasteiger partial charge is 0.402 e. The monoisotopic (exact) mass is 320 g/mol. The van der Waals surface area contributed by atoms with Crippen molar-refractivity contribution in [3.8, 4) is 0 Å². The van der Waals surface area contributed by atoms with Crippen LogP contribution in [0.3, 0.4) is 0 Å². The first-order chi connectivity index (χ1) is 10.2. The second-order valence-corrected chi connectivity index (χ2v) is 5.54. The highest BCUT2D eigenvalue weighted by atomic mass is 35.5. The van der Waals surface area contributed by atoms with Crippen molar-refractivity contribution in [2.45, 2.75) is 0 Å². The van der Waals surface area contributed by atoms with E-state index in [1.807, 2.05) is 23.0 Å². The summed E-state index contributed by atoms with van der Waals surface area (Å²) in [5, 5.41) is 11.2. The van der Waals surface area contributed by atoms with Crippen molar-refractivity contribution in [2.75, 3.05) is 5.48 Å². The minimum absolute atomic E-state index is 0.177. The maximum Gasteiger partial charge on any atom is 0.363 e. The van der Waals surface area contributed by atoms with E-state index in [0.29, 0.717) is 16.3 Å². The van der Waals surface area contributed by atoms with Gasteiger partial charge in [-0.1, -0.05) is 17.7 Å². The zero-order valence-electron chi connectivity index (χ0n) is 10.5. The van der Waals surface area contributed by atoms with Crippen LogP contribution in [0.15, 0.2) is 46.4 Å². The van der Waals surface area contributed by atoms with Gasteiger partial charge in [0.2, 0.25) is 5.90 Å². The molecule has 1 aromatic heterocycles. The molecule has 1 aromatic carbocycles. The summed E-state index contributed by atoms with van der Waals surface area (Å²) in [6.45, 7) is 0. The highest BCUT2D eigenvalue weighted by molar-refractivity contribution is 7.10. The van der Waals surface area contributed by atoms with E-state index < -0.39 is 5.97 Å². The molecule has 2 N–H and O–H groups in total. The van der Waals surface area contributed by atoms with E-state index in [0.717, 1.165) is 4.88 Å². The lowest BCUT2D eigenvalue weighted by Gasteiger charge is -2.04. The highest BCUT2D eigenvalue weighted by Crippen LogP contribution is 2.26. The Balaban J connectivity index is 1.95. The number of esters is 1. The fraction of sp³-hybridized carbons (Fsp3) is 0. The molecule has 0 fully saturated rings. The van der Waals surface area contributed by atoms with Crippen molar-refractivity contribution in [3.63, 3.8) is 0 Å². The number of cyclic esters (lactones) is 1. The van der Waals surface area contributed by atoms with Gasteiger partial charge in [0.15, 0.2) is 5.70 Å². The fourth-order valence-electron chi connectivity index (χ4n) is 1.78.